The Balaban J connectivity index is 1.50. The molecule has 2 amide bonds. The van der Waals surface area contributed by atoms with Crippen LogP contribution in [0.4, 0.5) is 5.69 Å². The monoisotopic (exact) mass is 526 g/mol. The number of aromatic amines is 1. The Hall–Kier alpha value is -4.43. The molecular formula is C24H30N8O6. The van der Waals surface area contributed by atoms with Crippen molar-refractivity contribution in [1.82, 2.24) is 30.6 Å². The predicted molar refractivity (Wildman–Crippen MR) is 137 cm³/mol. The summed E-state index contributed by atoms with van der Waals surface area (Å²) in [6, 6.07) is 5.14. The number of hydrogen-bond donors (Lipinski definition) is 6. The molecule has 0 aliphatic heterocycles. The van der Waals surface area contributed by atoms with E-state index >= 15 is 0 Å². The van der Waals surface area contributed by atoms with Crippen molar-refractivity contribution in [3.05, 3.63) is 57.9 Å². The molecule has 0 saturated carbocycles. The number of hydrogen-bond acceptors (Lipinski definition) is 10. The lowest BCUT2D eigenvalue weighted by Crippen LogP contribution is -2.41. The number of aromatic nitrogens is 4. The molecule has 14 heteroatoms. The fraction of sp³-hybridized carbons (Fsp3) is 0.375. The molecule has 3 rings (SSSR count). The minimum Gasteiger partial charge on any atom is -0.480 e. The maximum absolute atomic E-state index is 12.6. The van der Waals surface area contributed by atoms with Crippen molar-refractivity contribution in [2.75, 3.05) is 31.6 Å². The molecule has 7 N–H and O–H groups in total. The van der Waals surface area contributed by atoms with Gasteiger partial charge in [-0.25, -0.2) is 19.7 Å². The largest absolute Gasteiger partial charge is 0.480 e. The van der Waals surface area contributed by atoms with Crippen LogP contribution >= 0.6 is 0 Å². The number of ether oxygens (including phenoxy) is 1. The van der Waals surface area contributed by atoms with Crippen molar-refractivity contribution in [3.63, 3.8) is 0 Å². The minimum atomic E-state index is -1.24. The summed E-state index contributed by atoms with van der Waals surface area (Å²) in [7, 11) is 0. The van der Waals surface area contributed by atoms with Crippen molar-refractivity contribution in [2.24, 2.45) is 5.73 Å². The van der Waals surface area contributed by atoms with E-state index in [0.29, 0.717) is 37.0 Å². The molecule has 1 atom stereocenters. The van der Waals surface area contributed by atoms with Crippen molar-refractivity contribution >= 4 is 34.6 Å². The SMILES string of the molecule is Cc1nc2ncc(CNc3ccc(C(=O)N[C@@H](CCC(=O)NCCOCCN)C(=O)O)cc3)nc2c(=O)[nH]1. The van der Waals surface area contributed by atoms with E-state index in [2.05, 4.69) is 35.9 Å². The normalized spacial score (nSPS) is 11.6. The van der Waals surface area contributed by atoms with E-state index in [1.165, 1.54) is 18.3 Å². The van der Waals surface area contributed by atoms with Gasteiger partial charge in [-0.05, 0) is 37.6 Å². The van der Waals surface area contributed by atoms with Gasteiger partial charge < -0.3 is 36.5 Å². The fourth-order valence-electron chi connectivity index (χ4n) is 3.39. The van der Waals surface area contributed by atoms with Crippen LogP contribution < -0.4 is 27.2 Å². The first kappa shape index (κ1) is 28.1. The maximum atomic E-state index is 12.6. The van der Waals surface area contributed by atoms with E-state index in [0.717, 1.165) is 0 Å². The Kier molecular flexibility index (Phi) is 10.2. The Morgan fingerprint density at radius 2 is 1.92 bits per heavy atom. The van der Waals surface area contributed by atoms with E-state index < -0.39 is 17.9 Å². The molecule has 0 spiro atoms. The van der Waals surface area contributed by atoms with Gasteiger partial charge in [0.25, 0.3) is 11.5 Å². The van der Waals surface area contributed by atoms with Crippen molar-refractivity contribution in [3.8, 4) is 0 Å². The molecule has 0 saturated heterocycles. The highest BCUT2D eigenvalue weighted by Crippen LogP contribution is 2.12. The highest BCUT2D eigenvalue weighted by molar-refractivity contribution is 5.97. The summed E-state index contributed by atoms with van der Waals surface area (Å²) < 4.78 is 5.15. The van der Waals surface area contributed by atoms with Crippen LogP contribution in [0.25, 0.3) is 11.2 Å². The van der Waals surface area contributed by atoms with Crippen LogP contribution in [-0.4, -0.2) is 75.2 Å². The second kappa shape index (κ2) is 13.8. The maximum Gasteiger partial charge on any atom is 0.326 e. The summed E-state index contributed by atoms with van der Waals surface area (Å²) in [4.78, 5) is 63.3. The summed E-state index contributed by atoms with van der Waals surface area (Å²) in [5.74, 6) is -1.71. The molecule has 0 fully saturated rings. The first-order valence-corrected chi connectivity index (χ1v) is 11.9. The highest BCUT2D eigenvalue weighted by Gasteiger charge is 2.21. The number of aryl methyl sites for hydroxylation is 1. The molecule has 0 bridgehead atoms. The Morgan fingerprint density at radius 3 is 2.63 bits per heavy atom. The van der Waals surface area contributed by atoms with Gasteiger partial charge in [0, 0.05) is 30.8 Å². The van der Waals surface area contributed by atoms with Gasteiger partial charge in [-0.1, -0.05) is 0 Å². The summed E-state index contributed by atoms with van der Waals surface area (Å²) >= 11 is 0. The zero-order chi connectivity index (χ0) is 27.5. The molecule has 0 aliphatic rings. The highest BCUT2D eigenvalue weighted by atomic mass is 16.5. The predicted octanol–water partition coefficient (Wildman–Crippen LogP) is -0.312. The summed E-state index contributed by atoms with van der Waals surface area (Å²) in [6.45, 7) is 3.29. The number of carbonyl (C=O) groups excluding carboxylic acids is 2. The second-order valence-corrected chi connectivity index (χ2v) is 8.27. The van der Waals surface area contributed by atoms with Crippen molar-refractivity contribution in [2.45, 2.75) is 32.4 Å². The molecule has 38 heavy (non-hydrogen) atoms. The number of nitrogens with zero attached hydrogens (tertiary/aromatic N) is 3. The molecule has 1 aromatic carbocycles. The number of aliphatic carboxylic acids is 1. The van der Waals surface area contributed by atoms with Gasteiger partial charge in [0.1, 0.15) is 11.9 Å². The molecule has 2 heterocycles. The third kappa shape index (κ3) is 8.31. The Morgan fingerprint density at radius 1 is 1.16 bits per heavy atom. The summed E-state index contributed by atoms with van der Waals surface area (Å²) in [5.41, 5.74) is 6.78. The molecule has 14 nitrogen and oxygen atoms in total. The topological polar surface area (TPSA) is 214 Å². The lowest BCUT2D eigenvalue weighted by molar-refractivity contribution is -0.139. The Labute approximate surface area is 217 Å². The quantitative estimate of drug-likeness (QED) is 0.150. The number of carboxylic acid groups (broad SMARTS) is 1. The van der Waals surface area contributed by atoms with E-state index in [-0.39, 0.29) is 54.1 Å². The zero-order valence-corrected chi connectivity index (χ0v) is 20.8. The van der Waals surface area contributed by atoms with Crippen LogP contribution in [0.2, 0.25) is 0 Å². The standard InChI is InChI=1S/C24H30N8O6/c1-14-29-21-20(23(35)30-14)31-17(13-28-21)12-27-16-4-2-15(3-5-16)22(34)32-18(24(36)37)6-7-19(33)26-9-11-38-10-8-25/h2-5,13,18,27H,6-12,25H2,1H3,(H,26,33)(H,32,34)(H,36,37)(H,28,29,30,35)/t18-/m0/s1. The average Bonchev–Trinajstić information content (AvgIpc) is 2.89. The van der Waals surface area contributed by atoms with Crippen LogP contribution in [0.1, 0.15) is 34.7 Å². The molecule has 202 valence electrons. The average molecular weight is 527 g/mol. The van der Waals surface area contributed by atoms with Crippen LogP contribution in [-0.2, 0) is 20.9 Å². The summed E-state index contributed by atoms with van der Waals surface area (Å²) in [5, 5.41) is 17.6. The third-order valence-corrected chi connectivity index (χ3v) is 5.30. The van der Waals surface area contributed by atoms with Crippen LogP contribution in [0.3, 0.4) is 0 Å². The smallest absolute Gasteiger partial charge is 0.326 e. The third-order valence-electron chi connectivity index (χ3n) is 5.30. The van der Waals surface area contributed by atoms with Crippen molar-refractivity contribution < 1.29 is 24.2 Å². The molecule has 2 aromatic heterocycles. The lowest BCUT2D eigenvalue weighted by Gasteiger charge is -2.15. The molecular weight excluding hydrogens is 496 g/mol. The van der Waals surface area contributed by atoms with Gasteiger partial charge in [-0.3, -0.25) is 14.4 Å². The van der Waals surface area contributed by atoms with Gasteiger partial charge >= 0.3 is 5.97 Å². The number of carbonyl (C=O) groups is 3. The first-order valence-electron chi connectivity index (χ1n) is 11.9. The number of fused-ring (bicyclic) bond motifs is 1. The molecule has 0 aliphatic carbocycles. The van der Waals surface area contributed by atoms with Crippen LogP contribution in [0.15, 0.2) is 35.3 Å². The van der Waals surface area contributed by atoms with Crippen molar-refractivity contribution in [1.29, 1.82) is 0 Å². The van der Waals surface area contributed by atoms with Gasteiger partial charge in [0.05, 0.1) is 31.6 Å². The van der Waals surface area contributed by atoms with Crippen LogP contribution in [0.5, 0.6) is 0 Å². The minimum absolute atomic E-state index is 0.0685. The van der Waals surface area contributed by atoms with Gasteiger partial charge in [-0.2, -0.15) is 0 Å². The van der Waals surface area contributed by atoms with E-state index in [4.69, 9.17) is 10.5 Å². The van der Waals surface area contributed by atoms with Gasteiger partial charge in [0.2, 0.25) is 5.91 Å². The van der Waals surface area contributed by atoms with Gasteiger partial charge in [0.15, 0.2) is 11.2 Å². The molecule has 3 aromatic rings. The fourth-order valence-corrected chi connectivity index (χ4v) is 3.39. The second-order valence-electron chi connectivity index (χ2n) is 8.27. The number of amides is 2. The van der Waals surface area contributed by atoms with E-state index in [9.17, 15) is 24.3 Å². The number of anilines is 1. The van der Waals surface area contributed by atoms with Gasteiger partial charge in [-0.15, -0.1) is 0 Å². The van der Waals surface area contributed by atoms with E-state index in [1.807, 2.05) is 0 Å². The number of carboxylic acids is 1. The zero-order valence-electron chi connectivity index (χ0n) is 20.8. The lowest BCUT2D eigenvalue weighted by atomic mass is 10.1. The molecule has 0 unspecified atom stereocenters. The van der Waals surface area contributed by atoms with Crippen LogP contribution in [0, 0.1) is 6.92 Å². The first-order chi connectivity index (χ1) is 18.3. The Bertz CT molecular complexity index is 1330. The number of rotatable bonds is 14. The molecule has 0 radical (unpaired) electrons. The van der Waals surface area contributed by atoms with E-state index in [1.54, 1.807) is 19.1 Å². The number of H-pyrrole nitrogens is 1. The number of nitrogens with two attached hydrogens (primary N) is 1. The number of nitrogens with one attached hydrogen (secondary N) is 4. The number of benzene rings is 1. The summed E-state index contributed by atoms with van der Waals surface area (Å²) in [6.07, 6.45) is 1.38.